The van der Waals surface area contributed by atoms with Gasteiger partial charge >= 0.3 is 0 Å². The third kappa shape index (κ3) is 3.92. The number of rotatable bonds is 5. The molecule has 4 rings (SSSR count). The van der Waals surface area contributed by atoms with Crippen molar-refractivity contribution in [2.24, 2.45) is 0 Å². The first kappa shape index (κ1) is 20.3. The molecule has 0 spiro atoms. The van der Waals surface area contributed by atoms with Crippen LogP contribution in [0.5, 0.6) is 5.75 Å². The monoisotopic (exact) mass is 414 g/mol. The van der Waals surface area contributed by atoms with Crippen LogP contribution in [0, 0.1) is 0 Å². The van der Waals surface area contributed by atoms with Gasteiger partial charge in [-0.25, -0.2) is 0 Å². The second-order valence-corrected chi connectivity index (χ2v) is 7.77. The van der Waals surface area contributed by atoms with Crippen LogP contribution >= 0.6 is 0 Å². The first-order valence-electron chi connectivity index (χ1n) is 9.94. The first-order valence-corrected chi connectivity index (χ1v) is 9.94. The number of amides is 2. The third-order valence-corrected chi connectivity index (χ3v) is 5.27. The van der Waals surface area contributed by atoms with Crippen LogP contribution in [-0.2, 0) is 9.59 Å². The van der Waals surface area contributed by atoms with E-state index in [1.54, 1.807) is 68.4 Å². The molecule has 0 saturated carbocycles. The number of nitrogens with one attached hydrogen (secondary N) is 1. The summed E-state index contributed by atoms with van der Waals surface area (Å²) in [5.74, 6) is -0.216. The summed E-state index contributed by atoms with van der Waals surface area (Å²) in [6.07, 6.45) is 0. The predicted octanol–water partition coefficient (Wildman–Crippen LogP) is 4.06. The Morgan fingerprint density at radius 2 is 1.48 bits per heavy atom. The lowest BCUT2D eigenvalue weighted by molar-refractivity contribution is -0.127. The molecule has 0 fully saturated rings. The normalized spacial score (nSPS) is 14.4. The molecule has 156 valence electrons. The number of carbonyl (C=O) groups excluding carboxylic acids is 3. The molecule has 0 aliphatic carbocycles. The van der Waals surface area contributed by atoms with E-state index >= 15 is 0 Å². The van der Waals surface area contributed by atoms with Crippen LogP contribution in [0.2, 0.25) is 0 Å². The highest BCUT2D eigenvalue weighted by Gasteiger charge is 2.43. The van der Waals surface area contributed by atoms with Crippen molar-refractivity contribution in [3.05, 3.63) is 90.0 Å². The number of fused-ring (bicyclic) bond motifs is 1. The van der Waals surface area contributed by atoms with E-state index in [1.807, 2.05) is 24.3 Å². The third-order valence-electron chi connectivity index (χ3n) is 5.27. The second kappa shape index (κ2) is 8.07. The molecule has 3 aromatic carbocycles. The van der Waals surface area contributed by atoms with Crippen LogP contribution in [-0.4, -0.2) is 29.7 Å². The Hall–Kier alpha value is -3.93. The number of benzene rings is 3. The molecule has 31 heavy (non-hydrogen) atoms. The van der Waals surface area contributed by atoms with Crippen molar-refractivity contribution >= 4 is 29.0 Å². The number of para-hydroxylation sites is 2. The molecular weight excluding hydrogens is 392 g/mol. The molecule has 1 heterocycles. The van der Waals surface area contributed by atoms with Crippen LogP contribution in [0.4, 0.5) is 11.4 Å². The summed E-state index contributed by atoms with van der Waals surface area (Å²) in [5, 5.41) is 2.83. The average Bonchev–Trinajstić information content (AvgIpc) is 2.78. The molecule has 0 unspecified atom stereocenters. The Morgan fingerprint density at radius 3 is 2.19 bits per heavy atom. The van der Waals surface area contributed by atoms with Gasteiger partial charge in [0, 0.05) is 11.1 Å². The Labute approximate surface area is 180 Å². The van der Waals surface area contributed by atoms with Gasteiger partial charge in [-0.3, -0.25) is 19.3 Å². The highest BCUT2D eigenvalue weighted by Crippen LogP contribution is 2.36. The molecule has 6 heteroatoms. The molecule has 1 aliphatic rings. The number of ketones is 1. The van der Waals surface area contributed by atoms with Crippen molar-refractivity contribution in [1.29, 1.82) is 0 Å². The molecule has 6 nitrogen and oxygen atoms in total. The molecule has 1 N–H and O–H groups in total. The molecule has 0 saturated heterocycles. The minimum absolute atomic E-state index is 0.0825. The van der Waals surface area contributed by atoms with Crippen molar-refractivity contribution in [1.82, 2.24) is 0 Å². The average molecular weight is 414 g/mol. The Balaban J connectivity index is 1.47. The van der Waals surface area contributed by atoms with E-state index in [0.717, 1.165) is 0 Å². The van der Waals surface area contributed by atoms with E-state index in [-0.39, 0.29) is 24.2 Å². The van der Waals surface area contributed by atoms with Crippen molar-refractivity contribution in [3.63, 3.8) is 0 Å². The van der Waals surface area contributed by atoms with Gasteiger partial charge in [-0.2, -0.15) is 0 Å². The molecule has 0 bridgehead atoms. The number of ether oxygens (including phenoxy) is 1. The van der Waals surface area contributed by atoms with Gasteiger partial charge in [-0.05, 0) is 50.2 Å². The van der Waals surface area contributed by atoms with Crippen molar-refractivity contribution in [2.75, 3.05) is 16.8 Å². The number of anilines is 2. The quantitative estimate of drug-likeness (QED) is 0.639. The second-order valence-electron chi connectivity index (χ2n) is 7.77. The summed E-state index contributed by atoms with van der Waals surface area (Å²) >= 11 is 0. The van der Waals surface area contributed by atoms with Gasteiger partial charge in [0.1, 0.15) is 11.3 Å². The van der Waals surface area contributed by atoms with Gasteiger partial charge in [-0.15, -0.1) is 0 Å². The number of hydrogen-bond donors (Lipinski definition) is 1. The lowest BCUT2D eigenvalue weighted by Crippen LogP contribution is -2.59. The molecule has 1 aliphatic heterocycles. The van der Waals surface area contributed by atoms with Gasteiger partial charge in [0.15, 0.2) is 12.4 Å². The van der Waals surface area contributed by atoms with Crippen LogP contribution in [0.1, 0.15) is 29.8 Å². The fourth-order valence-electron chi connectivity index (χ4n) is 3.57. The summed E-state index contributed by atoms with van der Waals surface area (Å²) in [5.41, 5.74) is 1.30. The number of nitrogens with zero attached hydrogens (tertiary/aromatic N) is 1. The van der Waals surface area contributed by atoms with Crippen LogP contribution < -0.4 is 15.0 Å². The highest BCUT2D eigenvalue weighted by molar-refractivity contribution is 6.14. The molecule has 0 aromatic heterocycles. The summed E-state index contributed by atoms with van der Waals surface area (Å²) in [4.78, 5) is 39.5. The molecule has 0 atom stereocenters. The molecule has 3 aromatic rings. The maximum absolute atomic E-state index is 13.0. The van der Waals surface area contributed by atoms with Crippen molar-refractivity contribution in [3.8, 4) is 5.75 Å². The lowest BCUT2D eigenvalue weighted by atomic mass is 9.96. The zero-order valence-electron chi connectivity index (χ0n) is 17.3. The molecular formula is C25H22N2O4. The molecule has 2 amide bonds. The largest absolute Gasteiger partial charge is 0.484 e. The summed E-state index contributed by atoms with van der Waals surface area (Å²) in [7, 11) is 0. The van der Waals surface area contributed by atoms with Gasteiger partial charge in [-0.1, -0.05) is 42.5 Å². The zero-order valence-corrected chi connectivity index (χ0v) is 17.3. The van der Waals surface area contributed by atoms with Crippen LogP contribution in [0.25, 0.3) is 0 Å². The van der Waals surface area contributed by atoms with Crippen LogP contribution in [0.15, 0.2) is 78.9 Å². The van der Waals surface area contributed by atoms with E-state index in [0.29, 0.717) is 28.3 Å². The van der Waals surface area contributed by atoms with Crippen molar-refractivity contribution in [2.45, 2.75) is 19.4 Å². The van der Waals surface area contributed by atoms with Gasteiger partial charge < -0.3 is 10.1 Å². The highest BCUT2D eigenvalue weighted by atomic mass is 16.5. The van der Waals surface area contributed by atoms with E-state index < -0.39 is 5.54 Å². The number of carbonyl (C=O) groups is 3. The minimum Gasteiger partial charge on any atom is -0.484 e. The smallest absolute Gasteiger partial charge is 0.265 e. The maximum atomic E-state index is 13.0. The first-order chi connectivity index (χ1) is 14.9. The van der Waals surface area contributed by atoms with Gasteiger partial charge in [0.2, 0.25) is 5.91 Å². The minimum atomic E-state index is -1.05. The van der Waals surface area contributed by atoms with E-state index in [4.69, 9.17) is 4.74 Å². The Morgan fingerprint density at radius 1 is 0.871 bits per heavy atom. The zero-order chi connectivity index (χ0) is 22.0. The fourth-order valence-corrected chi connectivity index (χ4v) is 3.57. The standard InChI is InChI=1S/C25H22N2O4/c1-25(2)24(30)26-20-10-6-7-11-21(20)27(25)22(28)16-31-19-14-12-18(13-15-19)23(29)17-8-4-3-5-9-17/h3-15H,16H2,1-2H3,(H,26,30). The van der Waals surface area contributed by atoms with E-state index in [1.165, 1.54) is 4.90 Å². The predicted molar refractivity (Wildman–Crippen MR) is 118 cm³/mol. The maximum Gasteiger partial charge on any atom is 0.265 e. The van der Waals surface area contributed by atoms with Gasteiger partial charge in [0.25, 0.3) is 5.91 Å². The molecule has 0 radical (unpaired) electrons. The Kier molecular flexibility index (Phi) is 5.29. The SMILES string of the molecule is CC1(C)C(=O)Nc2ccccc2N1C(=O)COc1ccc(C(=O)c2ccccc2)cc1. The van der Waals surface area contributed by atoms with E-state index in [2.05, 4.69) is 5.32 Å². The van der Waals surface area contributed by atoms with E-state index in [9.17, 15) is 14.4 Å². The topological polar surface area (TPSA) is 75.7 Å². The summed E-state index contributed by atoms with van der Waals surface area (Å²) in [6, 6.07) is 22.8. The van der Waals surface area contributed by atoms with Gasteiger partial charge in [0.05, 0.1) is 11.4 Å². The lowest BCUT2D eigenvalue weighted by Gasteiger charge is -2.41. The van der Waals surface area contributed by atoms with Crippen LogP contribution in [0.3, 0.4) is 0 Å². The summed E-state index contributed by atoms with van der Waals surface area (Å²) in [6.45, 7) is 3.15. The number of hydrogen-bond acceptors (Lipinski definition) is 4. The summed E-state index contributed by atoms with van der Waals surface area (Å²) < 4.78 is 5.67. The Bertz CT molecular complexity index is 1140. The van der Waals surface area contributed by atoms with Crippen molar-refractivity contribution < 1.29 is 19.1 Å². The fraction of sp³-hybridized carbons (Fsp3) is 0.160.